The Labute approximate surface area is 77.5 Å². The van der Waals surface area contributed by atoms with Gasteiger partial charge in [-0.15, -0.1) is 0 Å². The summed E-state index contributed by atoms with van der Waals surface area (Å²) >= 11 is 11.8. The molecule has 0 bridgehead atoms. The minimum absolute atomic E-state index is 0.206. The highest BCUT2D eigenvalue weighted by Gasteiger charge is 2.12. The maximum atomic E-state index is 12.9. The number of hydrogen-bond donors (Lipinski definition) is 1. The summed E-state index contributed by atoms with van der Waals surface area (Å²) in [5, 5.41) is 6.33. The number of nitrogens with one attached hydrogen (secondary N) is 1. The fourth-order valence-corrected chi connectivity index (χ4v) is 1.59. The second-order valence-corrected chi connectivity index (χ2v) is 4.55. The number of nitrogens with zero attached hydrogens (tertiary/aromatic N) is 1. The van der Waals surface area contributed by atoms with Crippen LogP contribution in [0.4, 0.5) is 4.39 Å². The van der Waals surface area contributed by atoms with Gasteiger partial charge in [-0.25, -0.2) is 4.39 Å². The van der Waals surface area contributed by atoms with Crippen LogP contribution in [0, 0.1) is 12.7 Å². The molecule has 0 unspecified atom stereocenters. The van der Waals surface area contributed by atoms with E-state index in [0.29, 0.717) is 5.69 Å². The Hall–Kier alpha value is 0.0700. The van der Waals surface area contributed by atoms with Crippen molar-refractivity contribution in [2.45, 2.75) is 16.1 Å². The number of alkyl halides is 2. The molecule has 1 aromatic rings. The predicted molar refractivity (Wildman–Crippen MR) is 44.6 cm³/mol. The highest BCUT2D eigenvalue weighted by Crippen LogP contribution is 2.29. The summed E-state index contributed by atoms with van der Waals surface area (Å²) in [7, 11) is 0. The van der Waals surface area contributed by atoms with E-state index in [-0.39, 0.29) is 10.8 Å². The SMILES string of the molecule is Cc1[nH]nc(SC(Cl)Cl)c1F. The third-order valence-electron chi connectivity index (χ3n) is 1.04. The van der Waals surface area contributed by atoms with Gasteiger partial charge in [0.05, 0.1) is 5.69 Å². The van der Waals surface area contributed by atoms with E-state index < -0.39 is 4.17 Å². The van der Waals surface area contributed by atoms with Gasteiger partial charge in [0.1, 0.15) is 0 Å². The van der Waals surface area contributed by atoms with Crippen LogP contribution in [0.15, 0.2) is 5.03 Å². The van der Waals surface area contributed by atoms with E-state index in [1.165, 1.54) is 0 Å². The second kappa shape index (κ2) is 3.65. The predicted octanol–water partition coefficient (Wildman–Crippen LogP) is 2.71. The molecule has 11 heavy (non-hydrogen) atoms. The zero-order chi connectivity index (χ0) is 8.43. The monoisotopic (exact) mass is 214 g/mol. The van der Waals surface area contributed by atoms with Crippen molar-refractivity contribution in [2.24, 2.45) is 0 Å². The molecule has 1 aromatic heterocycles. The van der Waals surface area contributed by atoms with Crippen LogP contribution in [0.5, 0.6) is 0 Å². The molecule has 0 aliphatic heterocycles. The Morgan fingerprint density at radius 3 is 2.64 bits per heavy atom. The fourth-order valence-electron chi connectivity index (χ4n) is 0.556. The minimum atomic E-state index is -0.688. The molecule has 0 aliphatic rings. The van der Waals surface area contributed by atoms with Crippen molar-refractivity contribution in [2.75, 3.05) is 0 Å². The van der Waals surface area contributed by atoms with Crippen LogP contribution in [0.1, 0.15) is 5.69 Å². The maximum Gasteiger partial charge on any atom is 0.177 e. The van der Waals surface area contributed by atoms with Crippen LogP contribution in [-0.2, 0) is 0 Å². The molecular formula is C5H5Cl2FN2S. The van der Waals surface area contributed by atoms with Crippen molar-refractivity contribution in [3.05, 3.63) is 11.5 Å². The Balaban J connectivity index is 2.79. The number of rotatable bonds is 2. The zero-order valence-corrected chi connectivity index (χ0v) is 7.90. The van der Waals surface area contributed by atoms with Gasteiger partial charge in [0.2, 0.25) is 0 Å². The van der Waals surface area contributed by atoms with Gasteiger partial charge >= 0.3 is 0 Å². The molecule has 0 amide bonds. The molecule has 1 heterocycles. The third kappa shape index (κ3) is 2.25. The first-order valence-corrected chi connectivity index (χ1v) is 4.51. The molecule has 0 spiro atoms. The molecular weight excluding hydrogens is 210 g/mol. The first-order chi connectivity index (χ1) is 5.11. The molecule has 0 atom stereocenters. The largest absolute Gasteiger partial charge is 0.279 e. The van der Waals surface area contributed by atoms with Crippen LogP contribution in [-0.4, -0.2) is 14.4 Å². The summed E-state index contributed by atoms with van der Waals surface area (Å²) in [5.74, 6) is -0.388. The standard InChI is InChI=1S/C5H5Cl2FN2S/c1-2-3(8)4(10-9-2)11-5(6)7/h5H,1H3,(H,9,10). The van der Waals surface area contributed by atoms with Gasteiger partial charge in [0.15, 0.2) is 15.0 Å². The van der Waals surface area contributed by atoms with E-state index in [2.05, 4.69) is 10.2 Å². The maximum absolute atomic E-state index is 12.9. The number of aryl methyl sites for hydroxylation is 1. The van der Waals surface area contributed by atoms with Crippen molar-refractivity contribution in [1.82, 2.24) is 10.2 Å². The summed E-state index contributed by atoms with van der Waals surface area (Å²) in [4.78, 5) is 0. The molecule has 1 N–H and O–H groups in total. The molecule has 0 fully saturated rings. The van der Waals surface area contributed by atoms with Gasteiger partial charge in [-0.2, -0.15) is 5.10 Å². The lowest BCUT2D eigenvalue weighted by atomic mass is 10.5. The van der Waals surface area contributed by atoms with Crippen molar-refractivity contribution in [3.63, 3.8) is 0 Å². The van der Waals surface area contributed by atoms with Crippen molar-refractivity contribution < 1.29 is 4.39 Å². The molecule has 0 aromatic carbocycles. The summed E-state index contributed by atoms with van der Waals surface area (Å²) in [6.45, 7) is 1.59. The van der Waals surface area contributed by atoms with Crippen molar-refractivity contribution in [3.8, 4) is 0 Å². The lowest BCUT2D eigenvalue weighted by molar-refractivity contribution is 0.593. The van der Waals surface area contributed by atoms with E-state index >= 15 is 0 Å². The molecule has 0 radical (unpaired) electrons. The highest BCUT2D eigenvalue weighted by atomic mass is 35.5. The Bertz CT molecular complexity index is 251. The van der Waals surface area contributed by atoms with Crippen LogP contribution >= 0.6 is 35.0 Å². The first kappa shape index (κ1) is 9.16. The van der Waals surface area contributed by atoms with Crippen molar-refractivity contribution >= 4 is 35.0 Å². The van der Waals surface area contributed by atoms with Crippen molar-refractivity contribution in [1.29, 1.82) is 0 Å². The van der Waals surface area contributed by atoms with E-state index in [4.69, 9.17) is 23.2 Å². The lowest BCUT2D eigenvalue weighted by Crippen LogP contribution is -1.81. The first-order valence-electron chi connectivity index (χ1n) is 2.76. The Morgan fingerprint density at radius 2 is 2.27 bits per heavy atom. The van der Waals surface area contributed by atoms with Crippen LogP contribution < -0.4 is 0 Å². The van der Waals surface area contributed by atoms with Crippen LogP contribution in [0.25, 0.3) is 0 Å². The molecule has 0 aliphatic carbocycles. The van der Waals surface area contributed by atoms with Gasteiger partial charge < -0.3 is 0 Å². The zero-order valence-electron chi connectivity index (χ0n) is 5.57. The number of thioether (sulfide) groups is 1. The molecule has 2 nitrogen and oxygen atoms in total. The second-order valence-electron chi connectivity index (χ2n) is 1.85. The summed E-state index contributed by atoms with van der Waals surface area (Å²) in [6.07, 6.45) is 0. The Kier molecular flexibility index (Phi) is 3.04. The molecule has 1 rings (SSSR count). The third-order valence-corrected chi connectivity index (χ3v) is 2.25. The van der Waals surface area contributed by atoms with Gasteiger partial charge in [-0.05, 0) is 6.92 Å². The smallest absolute Gasteiger partial charge is 0.177 e. The topological polar surface area (TPSA) is 28.7 Å². The van der Waals surface area contributed by atoms with E-state index in [0.717, 1.165) is 11.8 Å². The van der Waals surface area contributed by atoms with Crippen LogP contribution in [0.3, 0.4) is 0 Å². The minimum Gasteiger partial charge on any atom is -0.279 e. The van der Waals surface area contributed by atoms with Gasteiger partial charge in [0, 0.05) is 0 Å². The lowest BCUT2D eigenvalue weighted by Gasteiger charge is -1.94. The summed E-state index contributed by atoms with van der Waals surface area (Å²) < 4.78 is 12.2. The number of aromatic nitrogens is 2. The summed E-state index contributed by atoms with van der Waals surface area (Å²) in [5.41, 5.74) is 0.390. The van der Waals surface area contributed by atoms with Crippen LogP contribution in [0.2, 0.25) is 0 Å². The number of aromatic amines is 1. The average Bonchev–Trinajstić information content (AvgIpc) is 2.18. The van der Waals surface area contributed by atoms with E-state index in [1.807, 2.05) is 0 Å². The average molecular weight is 215 g/mol. The number of hydrogen-bond acceptors (Lipinski definition) is 2. The quantitative estimate of drug-likeness (QED) is 0.606. The summed E-state index contributed by atoms with van der Waals surface area (Å²) in [6, 6.07) is 0. The number of H-pyrrole nitrogens is 1. The molecule has 0 saturated heterocycles. The van der Waals surface area contributed by atoms with Gasteiger partial charge in [0.25, 0.3) is 0 Å². The van der Waals surface area contributed by atoms with E-state index in [9.17, 15) is 4.39 Å². The Morgan fingerprint density at radius 1 is 1.64 bits per heavy atom. The van der Waals surface area contributed by atoms with E-state index in [1.54, 1.807) is 6.92 Å². The fraction of sp³-hybridized carbons (Fsp3) is 0.400. The molecule has 62 valence electrons. The number of halogens is 3. The molecule has 6 heteroatoms. The van der Waals surface area contributed by atoms with Gasteiger partial charge in [-0.3, -0.25) is 5.10 Å². The molecule has 0 saturated carbocycles. The normalized spacial score (nSPS) is 11.0. The highest BCUT2D eigenvalue weighted by molar-refractivity contribution is 8.02. The van der Waals surface area contributed by atoms with Gasteiger partial charge in [-0.1, -0.05) is 35.0 Å².